The van der Waals surface area contributed by atoms with Crippen LogP contribution in [-0.4, -0.2) is 42.3 Å². The predicted octanol–water partition coefficient (Wildman–Crippen LogP) is 3.73. The van der Waals surface area contributed by atoms with Gasteiger partial charge >= 0.3 is 0 Å². The predicted molar refractivity (Wildman–Crippen MR) is 107 cm³/mol. The molecule has 0 bridgehead atoms. The lowest BCUT2D eigenvalue weighted by molar-refractivity contribution is 0.0727. The summed E-state index contributed by atoms with van der Waals surface area (Å²) in [6, 6.07) is 16.0. The van der Waals surface area contributed by atoms with E-state index in [9.17, 15) is 4.79 Å². The Morgan fingerprint density at radius 3 is 2.69 bits per heavy atom. The second-order valence-electron chi connectivity index (χ2n) is 6.59. The van der Waals surface area contributed by atoms with Gasteiger partial charge in [0.25, 0.3) is 5.91 Å². The van der Waals surface area contributed by atoms with Crippen LogP contribution in [0.15, 0.2) is 53.4 Å². The molecule has 26 heavy (non-hydrogen) atoms. The highest BCUT2D eigenvalue weighted by molar-refractivity contribution is 8.00. The fraction of sp³-hybridized carbons (Fsp3) is 0.381. The van der Waals surface area contributed by atoms with Crippen LogP contribution in [-0.2, 0) is 0 Å². The van der Waals surface area contributed by atoms with E-state index in [4.69, 9.17) is 10.5 Å². The Bertz CT molecular complexity index is 742. The molecule has 0 spiro atoms. The minimum atomic E-state index is 0.0854. The normalized spacial score (nSPS) is 15.1. The van der Waals surface area contributed by atoms with Gasteiger partial charge in [-0.25, -0.2) is 0 Å². The quantitative estimate of drug-likeness (QED) is 0.842. The van der Waals surface area contributed by atoms with Gasteiger partial charge in [-0.05, 0) is 50.1 Å². The molecule has 1 heterocycles. The molecular formula is C21H26N2O2S. The summed E-state index contributed by atoms with van der Waals surface area (Å²) in [5.74, 6) is 0.786. The van der Waals surface area contributed by atoms with Crippen LogP contribution >= 0.6 is 11.8 Å². The monoisotopic (exact) mass is 370 g/mol. The van der Waals surface area contributed by atoms with Crippen LogP contribution in [0.3, 0.4) is 0 Å². The zero-order valence-corrected chi connectivity index (χ0v) is 16.0. The molecule has 2 N–H and O–H groups in total. The lowest BCUT2D eigenvalue weighted by Gasteiger charge is -2.32. The molecule has 1 saturated heterocycles. The molecule has 0 aliphatic carbocycles. The number of hydrogen-bond donors (Lipinski definition) is 1. The highest BCUT2D eigenvalue weighted by Crippen LogP contribution is 2.31. The van der Waals surface area contributed by atoms with Crippen molar-refractivity contribution in [2.45, 2.75) is 29.9 Å². The summed E-state index contributed by atoms with van der Waals surface area (Å²) in [6.07, 6.45) is 2.04. The Kier molecular flexibility index (Phi) is 6.58. The topological polar surface area (TPSA) is 55.6 Å². The number of ether oxygens (including phenoxy) is 1. The number of aryl methyl sites for hydroxylation is 1. The van der Waals surface area contributed by atoms with E-state index < -0.39 is 0 Å². The van der Waals surface area contributed by atoms with Gasteiger partial charge in [-0.2, -0.15) is 0 Å². The summed E-state index contributed by atoms with van der Waals surface area (Å²) in [5.41, 5.74) is 7.44. The van der Waals surface area contributed by atoms with Gasteiger partial charge in [-0.1, -0.05) is 23.8 Å². The third-order valence-corrected chi connectivity index (χ3v) is 5.82. The molecule has 1 aliphatic rings. The Labute approximate surface area is 159 Å². The number of amides is 1. The molecular weight excluding hydrogens is 344 g/mol. The second-order valence-corrected chi connectivity index (χ2v) is 7.96. The third kappa shape index (κ3) is 5.02. The van der Waals surface area contributed by atoms with Crippen molar-refractivity contribution in [1.29, 1.82) is 0 Å². The summed E-state index contributed by atoms with van der Waals surface area (Å²) in [6.45, 7) is 4.65. The van der Waals surface area contributed by atoms with Crippen molar-refractivity contribution in [1.82, 2.24) is 4.90 Å². The lowest BCUT2D eigenvalue weighted by Crippen LogP contribution is -2.39. The summed E-state index contributed by atoms with van der Waals surface area (Å²) in [5, 5.41) is 0.570. The molecule has 1 amide bonds. The smallest absolute Gasteiger partial charge is 0.253 e. The standard InChI is InChI=1S/C21H26N2O2S/c1-16-4-2-7-20(14-16)26-19-8-11-23(12-9-19)21(24)17-5-3-6-18(15-17)25-13-10-22/h2-7,14-15,19H,8-13,22H2,1H3. The van der Waals surface area contributed by atoms with Crippen LogP contribution in [0.2, 0.25) is 0 Å². The van der Waals surface area contributed by atoms with Gasteiger partial charge in [-0.3, -0.25) is 4.79 Å². The number of rotatable bonds is 6. The van der Waals surface area contributed by atoms with Gasteiger partial charge in [0.2, 0.25) is 0 Å². The Morgan fingerprint density at radius 2 is 1.96 bits per heavy atom. The lowest BCUT2D eigenvalue weighted by atomic mass is 10.1. The largest absolute Gasteiger partial charge is 0.492 e. The van der Waals surface area contributed by atoms with E-state index in [-0.39, 0.29) is 5.91 Å². The molecule has 2 aromatic carbocycles. The molecule has 1 aliphatic heterocycles. The minimum absolute atomic E-state index is 0.0854. The summed E-state index contributed by atoms with van der Waals surface area (Å²) < 4.78 is 5.53. The third-order valence-electron chi connectivity index (χ3n) is 4.49. The summed E-state index contributed by atoms with van der Waals surface area (Å²) in [4.78, 5) is 16.0. The van der Waals surface area contributed by atoms with E-state index in [1.807, 2.05) is 40.9 Å². The molecule has 0 unspecified atom stereocenters. The molecule has 4 nitrogen and oxygen atoms in total. The minimum Gasteiger partial charge on any atom is -0.492 e. The number of carbonyl (C=O) groups excluding carboxylic acids is 1. The van der Waals surface area contributed by atoms with Crippen molar-refractivity contribution in [3.05, 3.63) is 59.7 Å². The van der Waals surface area contributed by atoms with Gasteiger partial charge in [0.1, 0.15) is 12.4 Å². The van der Waals surface area contributed by atoms with Crippen molar-refractivity contribution < 1.29 is 9.53 Å². The van der Waals surface area contributed by atoms with Gasteiger partial charge in [-0.15, -0.1) is 11.8 Å². The first-order valence-corrected chi connectivity index (χ1v) is 9.99. The van der Waals surface area contributed by atoms with Gasteiger partial charge in [0.15, 0.2) is 0 Å². The average Bonchev–Trinajstić information content (AvgIpc) is 2.67. The fourth-order valence-corrected chi connectivity index (χ4v) is 4.38. The molecule has 0 atom stereocenters. The zero-order valence-electron chi connectivity index (χ0n) is 15.2. The highest BCUT2D eigenvalue weighted by atomic mass is 32.2. The van der Waals surface area contributed by atoms with Crippen LogP contribution in [0.5, 0.6) is 5.75 Å². The summed E-state index contributed by atoms with van der Waals surface area (Å²) >= 11 is 1.93. The first-order valence-electron chi connectivity index (χ1n) is 9.11. The van der Waals surface area contributed by atoms with E-state index in [1.165, 1.54) is 10.5 Å². The van der Waals surface area contributed by atoms with Crippen molar-refractivity contribution >= 4 is 17.7 Å². The molecule has 3 rings (SSSR count). The first-order chi connectivity index (χ1) is 12.7. The maximum atomic E-state index is 12.8. The van der Waals surface area contributed by atoms with E-state index in [1.54, 1.807) is 0 Å². The number of piperidine rings is 1. The molecule has 0 radical (unpaired) electrons. The molecule has 5 heteroatoms. The second kappa shape index (κ2) is 9.10. The Morgan fingerprint density at radius 1 is 1.19 bits per heavy atom. The number of nitrogens with zero attached hydrogens (tertiary/aromatic N) is 1. The molecule has 0 aromatic heterocycles. The van der Waals surface area contributed by atoms with Crippen LogP contribution in [0, 0.1) is 6.92 Å². The van der Waals surface area contributed by atoms with Crippen LogP contribution in [0.1, 0.15) is 28.8 Å². The van der Waals surface area contributed by atoms with Crippen molar-refractivity contribution in [3.8, 4) is 5.75 Å². The number of nitrogens with two attached hydrogens (primary N) is 1. The first kappa shape index (κ1) is 18.8. The van der Waals surface area contributed by atoms with E-state index in [0.29, 0.717) is 29.7 Å². The number of benzene rings is 2. The number of carbonyl (C=O) groups is 1. The SMILES string of the molecule is Cc1cccc(SC2CCN(C(=O)c3cccc(OCCN)c3)CC2)c1. The van der Waals surface area contributed by atoms with Crippen LogP contribution in [0.4, 0.5) is 0 Å². The van der Waals surface area contributed by atoms with Gasteiger partial charge in [0.05, 0.1) is 0 Å². The van der Waals surface area contributed by atoms with Crippen molar-refractivity contribution in [2.24, 2.45) is 5.73 Å². The van der Waals surface area contributed by atoms with E-state index in [2.05, 4.69) is 31.2 Å². The van der Waals surface area contributed by atoms with E-state index in [0.717, 1.165) is 25.9 Å². The van der Waals surface area contributed by atoms with E-state index >= 15 is 0 Å². The van der Waals surface area contributed by atoms with Gasteiger partial charge < -0.3 is 15.4 Å². The number of hydrogen-bond acceptors (Lipinski definition) is 4. The number of thioether (sulfide) groups is 1. The van der Waals surface area contributed by atoms with Crippen LogP contribution < -0.4 is 10.5 Å². The highest BCUT2D eigenvalue weighted by Gasteiger charge is 2.24. The zero-order chi connectivity index (χ0) is 18.4. The van der Waals surface area contributed by atoms with Gasteiger partial charge in [0, 0.05) is 35.3 Å². The Hall–Kier alpha value is -1.98. The maximum Gasteiger partial charge on any atom is 0.253 e. The summed E-state index contributed by atoms with van der Waals surface area (Å²) in [7, 11) is 0. The van der Waals surface area contributed by atoms with Crippen molar-refractivity contribution in [3.63, 3.8) is 0 Å². The molecule has 1 fully saturated rings. The fourth-order valence-electron chi connectivity index (χ4n) is 3.14. The Balaban J connectivity index is 1.55. The van der Waals surface area contributed by atoms with Crippen molar-refractivity contribution in [2.75, 3.05) is 26.2 Å². The number of likely N-dealkylation sites (tertiary alicyclic amines) is 1. The molecule has 138 valence electrons. The van der Waals surface area contributed by atoms with Crippen LogP contribution in [0.25, 0.3) is 0 Å². The average molecular weight is 371 g/mol. The maximum absolute atomic E-state index is 12.8. The molecule has 0 saturated carbocycles. The molecule has 2 aromatic rings.